The molecule has 0 unspecified atom stereocenters. The van der Waals surface area contributed by atoms with Crippen LogP contribution in [0.1, 0.15) is 5.76 Å². The van der Waals surface area contributed by atoms with Crippen molar-refractivity contribution in [3.8, 4) is 5.88 Å². The first-order valence-electron chi connectivity index (χ1n) is 6.50. The molecule has 1 fully saturated rings. The number of halogens is 1. The molecule has 6 heteroatoms. The van der Waals surface area contributed by atoms with E-state index in [1.807, 2.05) is 12.1 Å². The van der Waals surface area contributed by atoms with Crippen molar-refractivity contribution in [1.82, 2.24) is 9.88 Å². The number of hydrogen-bond donors (Lipinski definition) is 0. The average Bonchev–Trinajstić information content (AvgIpc) is 2.95. The van der Waals surface area contributed by atoms with Crippen LogP contribution in [0.15, 0.2) is 51.7 Å². The summed E-state index contributed by atoms with van der Waals surface area (Å²) < 4.78 is 11.7. The van der Waals surface area contributed by atoms with Crippen molar-refractivity contribution >= 4 is 27.9 Å². The van der Waals surface area contributed by atoms with Crippen molar-refractivity contribution in [3.05, 3.63) is 53.0 Å². The summed E-state index contributed by atoms with van der Waals surface area (Å²) in [6.45, 7) is 1.12. The van der Waals surface area contributed by atoms with Gasteiger partial charge in [0, 0.05) is 12.3 Å². The number of nitrogens with zero attached hydrogens (tertiary/aromatic N) is 2. The van der Waals surface area contributed by atoms with Gasteiger partial charge in [-0.3, -0.25) is 4.79 Å². The van der Waals surface area contributed by atoms with Gasteiger partial charge < -0.3 is 14.1 Å². The molecule has 21 heavy (non-hydrogen) atoms. The summed E-state index contributed by atoms with van der Waals surface area (Å²) in [6, 6.07) is 7.27. The van der Waals surface area contributed by atoms with E-state index in [-0.39, 0.29) is 12.0 Å². The van der Waals surface area contributed by atoms with Crippen molar-refractivity contribution in [2.24, 2.45) is 0 Å². The second-order valence-electron chi connectivity index (χ2n) is 4.62. The van der Waals surface area contributed by atoms with Crippen LogP contribution in [0.25, 0.3) is 6.08 Å². The van der Waals surface area contributed by atoms with Crippen LogP contribution in [-0.2, 0) is 4.79 Å². The highest BCUT2D eigenvalue weighted by atomic mass is 79.9. The van der Waals surface area contributed by atoms with E-state index in [1.54, 1.807) is 35.6 Å². The number of rotatable bonds is 4. The van der Waals surface area contributed by atoms with E-state index >= 15 is 0 Å². The van der Waals surface area contributed by atoms with Crippen molar-refractivity contribution in [2.75, 3.05) is 13.1 Å². The minimum atomic E-state index is -0.0497. The van der Waals surface area contributed by atoms with E-state index < -0.39 is 0 Å². The number of hydrogen-bond acceptors (Lipinski definition) is 4. The zero-order chi connectivity index (χ0) is 14.7. The third kappa shape index (κ3) is 3.33. The third-order valence-corrected chi connectivity index (χ3v) is 3.70. The maximum atomic E-state index is 11.9. The lowest BCUT2D eigenvalue weighted by molar-refractivity contribution is -0.134. The fourth-order valence-electron chi connectivity index (χ4n) is 1.95. The number of pyridine rings is 1. The maximum absolute atomic E-state index is 11.9. The van der Waals surface area contributed by atoms with E-state index in [2.05, 4.69) is 20.9 Å². The Morgan fingerprint density at radius 2 is 2.29 bits per heavy atom. The topological polar surface area (TPSA) is 55.6 Å². The molecule has 1 saturated heterocycles. The number of aromatic nitrogens is 1. The van der Waals surface area contributed by atoms with Crippen LogP contribution < -0.4 is 4.74 Å². The molecule has 2 aromatic rings. The molecule has 0 radical (unpaired) electrons. The second kappa shape index (κ2) is 6.13. The number of likely N-dealkylation sites (tertiary alicyclic amines) is 1. The largest absolute Gasteiger partial charge is 0.470 e. The van der Waals surface area contributed by atoms with Gasteiger partial charge in [-0.2, -0.15) is 0 Å². The molecule has 1 aliphatic heterocycles. The van der Waals surface area contributed by atoms with Gasteiger partial charge in [-0.1, -0.05) is 0 Å². The summed E-state index contributed by atoms with van der Waals surface area (Å²) in [6.07, 6.45) is 6.39. The standard InChI is InChI=1S/C15H13BrN2O3/c16-13-4-1-7-17-15(13)21-12-9-18(10-12)14(19)6-5-11-3-2-8-20-11/h1-8,12H,9-10H2/b6-5+. The summed E-state index contributed by atoms with van der Waals surface area (Å²) in [5.74, 6) is 1.17. The molecule has 0 saturated carbocycles. The van der Waals surface area contributed by atoms with Gasteiger partial charge >= 0.3 is 0 Å². The molecule has 2 aromatic heterocycles. The van der Waals surface area contributed by atoms with Gasteiger partial charge in [0.15, 0.2) is 0 Å². The smallest absolute Gasteiger partial charge is 0.246 e. The Morgan fingerprint density at radius 1 is 1.43 bits per heavy atom. The number of amides is 1. The van der Waals surface area contributed by atoms with E-state index in [0.717, 1.165) is 4.47 Å². The molecule has 108 valence electrons. The molecule has 3 rings (SSSR count). The number of ether oxygens (including phenoxy) is 1. The van der Waals surface area contributed by atoms with Gasteiger partial charge in [0.1, 0.15) is 11.9 Å². The maximum Gasteiger partial charge on any atom is 0.246 e. The predicted molar refractivity (Wildman–Crippen MR) is 80.7 cm³/mol. The van der Waals surface area contributed by atoms with Crippen molar-refractivity contribution in [1.29, 1.82) is 0 Å². The lowest BCUT2D eigenvalue weighted by atomic mass is 10.1. The first kappa shape index (κ1) is 13.9. The van der Waals surface area contributed by atoms with Crippen molar-refractivity contribution in [3.63, 3.8) is 0 Å². The SMILES string of the molecule is O=C(/C=C/c1ccco1)N1CC(Oc2ncccc2Br)C1. The molecule has 0 atom stereocenters. The summed E-state index contributed by atoms with van der Waals surface area (Å²) >= 11 is 3.38. The number of carbonyl (C=O) groups excluding carboxylic acids is 1. The Labute approximate surface area is 130 Å². The molecule has 0 aliphatic carbocycles. The van der Waals surface area contributed by atoms with Crippen LogP contribution in [0.4, 0.5) is 0 Å². The minimum absolute atomic E-state index is 0.0165. The molecule has 5 nitrogen and oxygen atoms in total. The Bertz CT molecular complexity index is 649. The van der Waals surface area contributed by atoms with Crippen LogP contribution in [-0.4, -0.2) is 35.0 Å². The molecule has 0 bridgehead atoms. The van der Waals surface area contributed by atoms with Gasteiger partial charge in [0.25, 0.3) is 0 Å². The highest BCUT2D eigenvalue weighted by Crippen LogP contribution is 2.24. The van der Waals surface area contributed by atoms with Crippen molar-refractivity contribution < 1.29 is 13.9 Å². The van der Waals surface area contributed by atoms with Gasteiger partial charge in [0.05, 0.1) is 23.8 Å². The van der Waals surface area contributed by atoms with E-state index in [0.29, 0.717) is 24.7 Å². The minimum Gasteiger partial charge on any atom is -0.470 e. The highest BCUT2D eigenvalue weighted by molar-refractivity contribution is 9.10. The van der Waals surface area contributed by atoms with E-state index in [9.17, 15) is 4.79 Å². The van der Waals surface area contributed by atoms with Gasteiger partial charge in [-0.15, -0.1) is 0 Å². The van der Waals surface area contributed by atoms with E-state index in [4.69, 9.17) is 9.15 Å². The zero-order valence-electron chi connectivity index (χ0n) is 11.1. The summed E-state index contributed by atoms with van der Waals surface area (Å²) in [5.41, 5.74) is 0. The van der Waals surface area contributed by atoms with Gasteiger partial charge in [0.2, 0.25) is 11.8 Å². The summed E-state index contributed by atoms with van der Waals surface area (Å²) in [4.78, 5) is 17.8. The quantitative estimate of drug-likeness (QED) is 0.797. The van der Waals surface area contributed by atoms with E-state index in [1.165, 1.54) is 6.08 Å². The summed E-state index contributed by atoms with van der Waals surface area (Å²) in [7, 11) is 0. The van der Waals surface area contributed by atoms with Gasteiger partial charge in [-0.25, -0.2) is 4.98 Å². The Hall–Kier alpha value is -2.08. The lowest BCUT2D eigenvalue weighted by Gasteiger charge is -2.38. The molecular formula is C15H13BrN2O3. The molecule has 1 amide bonds. The summed E-state index contributed by atoms with van der Waals surface area (Å²) in [5, 5.41) is 0. The average molecular weight is 349 g/mol. The molecule has 0 spiro atoms. The Balaban J connectivity index is 1.49. The third-order valence-electron chi connectivity index (χ3n) is 3.10. The molecule has 1 aliphatic rings. The number of carbonyl (C=O) groups is 1. The lowest BCUT2D eigenvalue weighted by Crippen LogP contribution is -2.55. The van der Waals surface area contributed by atoms with Crippen LogP contribution in [0.3, 0.4) is 0 Å². The fraction of sp³-hybridized carbons (Fsp3) is 0.200. The second-order valence-corrected chi connectivity index (χ2v) is 5.48. The Kier molecular flexibility index (Phi) is 4.06. The Morgan fingerprint density at radius 3 is 3.00 bits per heavy atom. The molecule has 0 N–H and O–H groups in total. The van der Waals surface area contributed by atoms with Crippen LogP contribution in [0.2, 0.25) is 0 Å². The van der Waals surface area contributed by atoms with Crippen LogP contribution in [0, 0.1) is 0 Å². The first-order chi connectivity index (χ1) is 10.2. The highest BCUT2D eigenvalue weighted by Gasteiger charge is 2.31. The monoisotopic (exact) mass is 348 g/mol. The van der Waals surface area contributed by atoms with Crippen LogP contribution in [0.5, 0.6) is 5.88 Å². The zero-order valence-corrected chi connectivity index (χ0v) is 12.7. The number of furan rings is 1. The first-order valence-corrected chi connectivity index (χ1v) is 7.29. The van der Waals surface area contributed by atoms with Gasteiger partial charge in [-0.05, 0) is 46.3 Å². The molecular weight excluding hydrogens is 336 g/mol. The fourth-order valence-corrected chi connectivity index (χ4v) is 2.30. The molecule has 3 heterocycles. The normalized spacial score (nSPS) is 15.2. The molecule has 0 aromatic carbocycles. The predicted octanol–water partition coefficient (Wildman–Crippen LogP) is 2.74. The van der Waals surface area contributed by atoms with Crippen LogP contribution >= 0.6 is 15.9 Å². The van der Waals surface area contributed by atoms with Crippen molar-refractivity contribution in [2.45, 2.75) is 6.10 Å².